The molecule has 110 valence electrons. The topological polar surface area (TPSA) is 94.7 Å². The van der Waals surface area contributed by atoms with Crippen LogP contribution in [0.2, 0.25) is 0 Å². The van der Waals surface area contributed by atoms with Gasteiger partial charge in [0.15, 0.2) is 0 Å². The number of carbonyl (C=O) groups excluding carboxylic acids is 1. The minimum absolute atomic E-state index is 0.177. The van der Waals surface area contributed by atoms with Gasteiger partial charge in [0, 0.05) is 19.2 Å². The zero-order chi connectivity index (χ0) is 15.1. The lowest BCUT2D eigenvalue weighted by atomic mass is 9.99. The third kappa shape index (κ3) is 2.07. The summed E-state index contributed by atoms with van der Waals surface area (Å²) in [6, 6.07) is 10.6. The highest BCUT2D eigenvalue weighted by atomic mass is 16.2. The maximum absolute atomic E-state index is 12.2. The number of aromatic amines is 2. The summed E-state index contributed by atoms with van der Waals surface area (Å²) in [6.07, 6.45) is 0. The normalized spacial score (nSPS) is 15.0. The molecule has 0 saturated carbocycles. The molecule has 3 heterocycles. The van der Waals surface area contributed by atoms with Gasteiger partial charge in [-0.1, -0.05) is 12.1 Å². The molecule has 0 atom stereocenters. The van der Waals surface area contributed by atoms with E-state index in [4.69, 9.17) is 0 Å². The third-order valence-electron chi connectivity index (χ3n) is 3.86. The SMILES string of the molecule is O=C(c1ccc(=O)[nH]n1)N1CC(c2nc3ccccc3[nH]2)C1. The van der Waals surface area contributed by atoms with Crippen molar-refractivity contribution in [2.75, 3.05) is 13.1 Å². The van der Waals surface area contributed by atoms with Crippen molar-refractivity contribution >= 4 is 16.9 Å². The fraction of sp³-hybridized carbons (Fsp3) is 0.200. The fourth-order valence-electron chi connectivity index (χ4n) is 2.61. The van der Waals surface area contributed by atoms with Crippen LogP contribution >= 0.6 is 0 Å². The van der Waals surface area contributed by atoms with E-state index < -0.39 is 0 Å². The van der Waals surface area contributed by atoms with Crippen LogP contribution in [0.25, 0.3) is 11.0 Å². The van der Waals surface area contributed by atoms with E-state index in [1.54, 1.807) is 4.90 Å². The summed E-state index contributed by atoms with van der Waals surface area (Å²) >= 11 is 0. The molecule has 1 aliphatic heterocycles. The predicted molar refractivity (Wildman–Crippen MR) is 79.6 cm³/mol. The van der Waals surface area contributed by atoms with Crippen molar-refractivity contribution in [3.63, 3.8) is 0 Å². The molecule has 0 bridgehead atoms. The lowest BCUT2D eigenvalue weighted by molar-refractivity contribution is 0.0588. The molecule has 1 fully saturated rings. The Labute approximate surface area is 125 Å². The van der Waals surface area contributed by atoms with Gasteiger partial charge in [0.25, 0.3) is 11.5 Å². The van der Waals surface area contributed by atoms with Crippen molar-refractivity contribution in [1.29, 1.82) is 0 Å². The predicted octanol–water partition coefficient (Wildman–Crippen LogP) is 0.886. The third-order valence-corrected chi connectivity index (χ3v) is 3.86. The number of benzene rings is 1. The van der Waals surface area contributed by atoms with Gasteiger partial charge in [0.2, 0.25) is 0 Å². The van der Waals surface area contributed by atoms with Gasteiger partial charge in [0.1, 0.15) is 11.5 Å². The van der Waals surface area contributed by atoms with Gasteiger partial charge in [-0.15, -0.1) is 0 Å². The van der Waals surface area contributed by atoms with E-state index in [0.29, 0.717) is 13.1 Å². The van der Waals surface area contributed by atoms with Crippen LogP contribution in [0.5, 0.6) is 0 Å². The zero-order valence-corrected chi connectivity index (χ0v) is 11.6. The molecule has 7 heteroatoms. The number of nitrogens with zero attached hydrogens (tertiary/aromatic N) is 3. The Morgan fingerprint density at radius 1 is 1.18 bits per heavy atom. The molecule has 3 aromatic rings. The number of H-pyrrole nitrogens is 2. The molecule has 1 aliphatic rings. The monoisotopic (exact) mass is 295 g/mol. The Kier molecular flexibility index (Phi) is 2.78. The highest BCUT2D eigenvalue weighted by Gasteiger charge is 2.34. The molecule has 0 unspecified atom stereocenters. The number of nitrogens with one attached hydrogen (secondary N) is 2. The van der Waals surface area contributed by atoms with Gasteiger partial charge in [-0.3, -0.25) is 9.59 Å². The molecule has 0 radical (unpaired) electrons. The molecule has 0 spiro atoms. The van der Waals surface area contributed by atoms with E-state index in [0.717, 1.165) is 16.9 Å². The second kappa shape index (κ2) is 4.80. The van der Waals surface area contributed by atoms with Crippen LogP contribution in [0.3, 0.4) is 0 Å². The van der Waals surface area contributed by atoms with Crippen molar-refractivity contribution in [3.05, 3.63) is 58.3 Å². The summed E-state index contributed by atoms with van der Waals surface area (Å²) in [7, 11) is 0. The maximum atomic E-state index is 12.2. The van der Waals surface area contributed by atoms with Crippen LogP contribution < -0.4 is 5.56 Å². The Morgan fingerprint density at radius 3 is 2.73 bits per heavy atom. The van der Waals surface area contributed by atoms with Gasteiger partial charge in [-0.2, -0.15) is 5.10 Å². The minimum atomic E-state index is -0.319. The highest BCUT2D eigenvalue weighted by molar-refractivity contribution is 5.92. The Morgan fingerprint density at radius 2 is 2.00 bits per heavy atom. The number of fused-ring (bicyclic) bond motifs is 1. The van der Waals surface area contributed by atoms with E-state index in [9.17, 15) is 9.59 Å². The molecule has 2 aromatic heterocycles. The number of rotatable bonds is 2. The Balaban J connectivity index is 1.48. The molecule has 1 saturated heterocycles. The van der Waals surface area contributed by atoms with Crippen LogP contribution in [0.1, 0.15) is 22.2 Å². The lowest BCUT2D eigenvalue weighted by Gasteiger charge is -2.37. The number of aromatic nitrogens is 4. The number of hydrogen-bond donors (Lipinski definition) is 2. The fourth-order valence-corrected chi connectivity index (χ4v) is 2.61. The van der Waals surface area contributed by atoms with E-state index in [1.165, 1.54) is 12.1 Å². The number of likely N-dealkylation sites (tertiary alicyclic amines) is 1. The Hall–Kier alpha value is -2.96. The average Bonchev–Trinajstić information content (AvgIpc) is 2.89. The quantitative estimate of drug-likeness (QED) is 0.734. The number of para-hydroxylation sites is 2. The van der Waals surface area contributed by atoms with Crippen molar-refractivity contribution < 1.29 is 4.79 Å². The van der Waals surface area contributed by atoms with Gasteiger partial charge < -0.3 is 9.88 Å². The second-order valence-electron chi connectivity index (χ2n) is 5.35. The summed E-state index contributed by atoms with van der Waals surface area (Å²) in [5.41, 5.74) is 1.87. The number of carbonyl (C=O) groups is 1. The summed E-state index contributed by atoms with van der Waals surface area (Å²) in [6.45, 7) is 1.19. The van der Waals surface area contributed by atoms with E-state index in [1.807, 2.05) is 24.3 Å². The molecule has 0 aliphatic carbocycles. The first-order chi connectivity index (χ1) is 10.7. The molecular weight excluding hydrogens is 282 g/mol. The number of amides is 1. The summed E-state index contributed by atoms with van der Waals surface area (Å²) in [5.74, 6) is 0.933. The van der Waals surface area contributed by atoms with Crippen LogP contribution in [0, 0.1) is 0 Å². The largest absolute Gasteiger partial charge is 0.342 e. The lowest BCUT2D eigenvalue weighted by Crippen LogP contribution is -2.49. The van der Waals surface area contributed by atoms with Crippen LogP contribution in [0.15, 0.2) is 41.2 Å². The maximum Gasteiger partial charge on any atom is 0.274 e. The average molecular weight is 295 g/mol. The highest BCUT2D eigenvalue weighted by Crippen LogP contribution is 2.27. The van der Waals surface area contributed by atoms with E-state index in [2.05, 4.69) is 20.2 Å². The first kappa shape index (κ1) is 12.8. The summed E-state index contributed by atoms with van der Waals surface area (Å²) in [4.78, 5) is 32.7. The van der Waals surface area contributed by atoms with Gasteiger partial charge in [0.05, 0.1) is 17.0 Å². The second-order valence-corrected chi connectivity index (χ2v) is 5.35. The molecule has 4 rings (SSSR count). The number of imidazole rings is 1. The van der Waals surface area contributed by atoms with Crippen LogP contribution in [-0.2, 0) is 0 Å². The van der Waals surface area contributed by atoms with Gasteiger partial charge >= 0.3 is 0 Å². The van der Waals surface area contributed by atoms with Crippen molar-refractivity contribution in [1.82, 2.24) is 25.1 Å². The molecule has 22 heavy (non-hydrogen) atoms. The molecule has 1 amide bonds. The standard InChI is InChI=1S/C15H13N5O2/c21-13-6-5-12(18-19-13)15(22)20-7-9(8-20)14-16-10-3-1-2-4-11(10)17-14/h1-6,9H,7-8H2,(H,16,17)(H,19,21). The number of hydrogen-bond acceptors (Lipinski definition) is 4. The van der Waals surface area contributed by atoms with Crippen LogP contribution in [0.4, 0.5) is 0 Å². The molecule has 7 nitrogen and oxygen atoms in total. The molecule has 2 N–H and O–H groups in total. The zero-order valence-electron chi connectivity index (χ0n) is 11.6. The van der Waals surface area contributed by atoms with E-state index >= 15 is 0 Å². The molecule has 1 aromatic carbocycles. The first-order valence-electron chi connectivity index (χ1n) is 7.00. The smallest absolute Gasteiger partial charge is 0.274 e. The van der Waals surface area contributed by atoms with Crippen molar-refractivity contribution in [3.8, 4) is 0 Å². The van der Waals surface area contributed by atoms with Crippen LogP contribution in [-0.4, -0.2) is 44.1 Å². The van der Waals surface area contributed by atoms with E-state index in [-0.39, 0.29) is 23.1 Å². The molecular formula is C15H13N5O2. The summed E-state index contributed by atoms with van der Waals surface area (Å²) in [5, 5.41) is 6.03. The van der Waals surface area contributed by atoms with Gasteiger partial charge in [-0.05, 0) is 18.2 Å². The summed E-state index contributed by atoms with van der Waals surface area (Å²) < 4.78 is 0. The van der Waals surface area contributed by atoms with Crippen molar-refractivity contribution in [2.24, 2.45) is 0 Å². The first-order valence-corrected chi connectivity index (χ1v) is 7.00. The minimum Gasteiger partial charge on any atom is -0.342 e. The Bertz CT molecular complexity index is 854. The van der Waals surface area contributed by atoms with Crippen molar-refractivity contribution in [2.45, 2.75) is 5.92 Å². The van der Waals surface area contributed by atoms with Gasteiger partial charge in [-0.25, -0.2) is 10.1 Å².